The second kappa shape index (κ2) is 8.28. The Balaban J connectivity index is 1.86. The number of benzene rings is 1. The van der Waals surface area contributed by atoms with E-state index in [0.29, 0.717) is 0 Å². The van der Waals surface area contributed by atoms with E-state index >= 15 is 0 Å². The molecule has 1 N–H and O–H groups in total. The van der Waals surface area contributed by atoms with Crippen LogP contribution in [0.25, 0.3) is 0 Å². The van der Waals surface area contributed by atoms with Crippen molar-refractivity contribution < 1.29 is 9.47 Å². The Morgan fingerprint density at radius 2 is 2.00 bits per heavy atom. The molecule has 3 nitrogen and oxygen atoms in total. The molecule has 1 saturated carbocycles. The fourth-order valence-electron chi connectivity index (χ4n) is 2.53. The van der Waals surface area contributed by atoms with Crippen molar-refractivity contribution in [2.75, 3.05) is 26.8 Å². The molecular formula is C17H27NO2. The number of likely N-dealkylation sites (N-methyl/N-ethyl adjacent to an activating group) is 1. The first-order valence-corrected chi connectivity index (χ1v) is 7.79. The topological polar surface area (TPSA) is 30.5 Å². The van der Waals surface area contributed by atoms with Gasteiger partial charge in [-0.25, -0.2) is 0 Å². The van der Waals surface area contributed by atoms with Crippen LogP contribution >= 0.6 is 0 Å². The molecular weight excluding hydrogens is 250 g/mol. The largest absolute Gasteiger partial charge is 0.497 e. The van der Waals surface area contributed by atoms with Gasteiger partial charge in [-0.05, 0) is 36.6 Å². The van der Waals surface area contributed by atoms with Gasteiger partial charge in [0.15, 0.2) is 0 Å². The van der Waals surface area contributed by atoms with E-state index in [9.17, 15) is 0 Å². The zero-order valence-electron chi connectivity index (χ0n) is 12.7. The number of rotatable bonds is 9. The Labute approximate surface area is 122 Å². The van der Waals surface area contributed by atoms with Gasteiger partial charge in [0.1, 0.15) is 5.75 Å². The minimum absolute atomic E-state index is 0.140. The van der Waals surface area contributed by atoms with Gasteiger partial charge < -0.3 is 14.8 Å². The smallest absolute Gasteiger partial charge is 0.118 e. The zero-order valence-corrected chi connectivity index (χ0v) is 12.7. The molecule has 1 unspecified atom stereocenters. The first-order chi connectivity index (χ1) is 9.83. The molecule has 0 aliphatic heterocycles. The van der Waals surface area contributed by atoms with Crippen LogP contribution in [0.3, 0.4) is 0 Å². The molecule has 0 bridgehead atoms. The highest BCUT2D eigenvalue weighted by atomic mass is 16.5. The van der Waals surface area contributed by atoms with E-state index in [0.717, 1.165) is 31.4 Å². The first-order valence-electron chi connectivity index (χ1n) is 7.79. The Hall–Kier alpha value is -1.06. The van der Waals surface area contributed by atoms with Crippen molar-refractivity contribution in [3.05, 3.63) is 29.8 Å². The summed E-state index contributed by atoms with van der Waals surface area (Å²) in [5.41, 5.74) is 1.22. The lowest BCUT2D eigenvalue weighted by Crippen LogP contribution is -2.24. The van der Waals surface area contributed by atoms with Crippen LogP contribution in [0.1, 0.15) is 44.3 Å². The summed E-state index contributed by atoms with van der Waals surface area (Å²) in [6, 6.07) is 8.21. The average Bonchev–Trinajstić information content (AvgIpc) is 2.45. The lowest BCUT2D eigenvalue weighted by Gasteiger charge is -2.26. The van der Waals surface area contributed by atoms with E-state index in [2.05, 4.69) is 24.4 Å². The Kier molecular flexibility index (Phi) is 6.34. The van der Waals surface area contributed by atoms with Crippen molar-refractivity contribution in [2.24, 2.45) is 5.92 Å². The summed E-state index contributed by atoms with van der Waals surface area (Å²) < 4.78 is 11.3. The van der Waals surface area contributed by atoms with Gasteiger partial charge in [-0.3, -0.25) is 0 Å². The van der Waals surface area contributed by atoms with E-state index in [1.165, 1.54) is 31.2 Å². The van der Waals surface area contributed by atoms with Crippen LogP contribution in [0.2, 0.25) is 0 Å². The quantitative estimate of drug-likeness (QED) is 0.748. The molecule has 0 saturated heterocycles. The van der Waals surface area contributed by atoms with Crippen LogP contribution in [0.4, 0.5) is 0 Å². The van der Waals surface area contributed by atoms with Gasteiger partial charge in [-0.15, -0.1) is 0 Å². The molecule has 2 rings (SSSR count). The molecule has 1 aliphatic rings. The molecule has 1 aromatic carbocycles. The van der Waals surface area contributed by atoms with Gasteiger partial charge in [0.05, 0.1) is 13.2 Å². The summed E-state index contributed by atoms with van der Waals surface area (Å²) in [7, 11) is 1.69. The van der Waals surface area contributed by atoms with Gasteiger partial charge in [-0.2, -0.15) is 0 Å². The lowest BCUT2D eigenvalue weighted by molar-refractivity contribution is 0.0375. The summed E-state index contributed by atoms with van der Waals surface area (Å²) in [5.74, 6) is 1.80. The van der Waals surface area contributed by atoms with Crippen LogP contribution in [-0.4, -0.2) is 26.8 Å². The monoisotopic (exact) mass is 277 g/mol. The highest BCUT2D eigenvalue weighted by Gasteiger charge is 2.18. The van der Waals surface area contributed by atoms with E-state index in [1.54, 1.807) is 7.11 Å². The summed E-state index contributed by atoms with van der Waals surface area (Å²) in [5, 5.41) is 3.39. The molecule has 0 amide bonds. The first kappa shape index (κ1) is 15.3. The second-order valence-electron chi connectivity index (χ2n) is 5.53. The number of hydrogen-bond acceptors (Lipinski definition) is 3. The third kappa shape index (κ3) is 4.50. The van der Waals surface area contributed by atoms with Crippen molar-refractivity contribution in [3.8, 4) is 5.75 Å². The van der Waals surface area contributed by atoms with E-state index in [4.69, 9.17) is 9.47 Å². The molecule has 20 heavy (non-hydrogen) atoms. The molecule has 112 valence electrons. The zero-order chi connectivity index (χ0) is 14.2. The predicted molar refractivity (Wildman–Crippen MR) is 82.2 cm³/mol. The molecule has 1 atom stereocenters. The number of ether oxygens (including phenoxy) is 2. The van der Waals surface area contributed by atoms with E-state index < -0.39 is 0 Å². The summed E-state index contributed by atoms with van der Waals surface area (Å²) in [6.45, 7) is 4.83. The normalized spacial score (nSPS) is 16.7. The molecule has 3 heteroatoms. The highest BCUT2D eigenvalue weighted by Crippen LogP contribution is 2.30. The van der Waals surface area contributed by atoms with Crippen LogP contribution < -0.4 is 10.1 Å². The number of nitrogens with one attached hydrogen (secondary N) is 1. The maximum absolute atomic E-state index is 6.11. The predicted octanol–water partition coefficient (Wildman–Crippen LogP) is 3.55. The van der Waals surface area contributed by atoms with Gasteiger partial charge in [0.25, 0.3) is 0 Å². The molecule has 0 heterocycles. The Bertz CT molecular complexity index is 373. The van der Waals surface area contributed by atoms with Crippen molar-refractivity contribution >= 4 is 0 Å². The lowest BCUT2D eigenvalue weighted by atomic mass is 9.83. The van der Waals surface area contributed by atoms with Gasteiger partial charge in [0.2, 0.25) is 0 Å². The van der Waals surface area contributed by atoms with Crippen LogP contribution in [0.15, 0.2) is 24.3 Å². The van der Waals surface area contributed by atoms with E-state index in [1.807, 2.05) is 12.1 Å². The molecule has 1 aliphatic carbocycles. The number of methoxy groups -OCH3 is 1. The van der Waals surface area contributed by atoms with Gasteiger partial charge in [-0.1, -0.05) is 38.3 Å². The van der Waals surface area contributed by atoms with Crippen molar-refractivity contribution in [3.63, 3.8) is 0 Å². The summed E-state index contributed by atoms with van der Waals surface area (Å²) in [4.78, 5) is 0. The van der Waals surface area contributed by atoms with Crippen molar-refractivity contribution in [1.29, 1.82) is 0 Å². The molecule has 1 aromatic rings. The molecule has 0 spiro atoms. The summed E-state index contributed by atoms with van der Waals surface area (Å²) in [6.07, 6.45) is 5.54. The van der Waals surface area contributed by atoms with Gasteiger partial charge in [0, 0.05) is 13.2 Å². The fraction of sp³-hybridized carbons (Fsp3) is 0.647. The molecule has 1 fully saturated rings. The SMILES string of the molecule is CCNCC(OCCC1CCC1)c1ccc(OC)cc1. The van der Waals surface area contributed by atoms with Crippen LogP contribution in [-0.2, 0) is 4.74 Å². The van der Waals surface area contributed by atoms with E-state index in [-0.39, 0.29) is 6.10 Å². The third-order valence-corrected chi connectivity index (χ3v) is 4.14. The Morgan fingerprint density at radius 3 is 2.55 bits per heavy atom. The van der Waals surface area contributed by atoms with Crippen molar-refractivity contribution in [2.45, 2.75) is 38.7 Å². The maximum atomic E-state index is 6.11. The minimum Gasteiger partial charge on any atom is -0.497 e. The standard InChI is InChI=1S/C17H27NO2/c1-3-18-13-17(20-12-11-14-5-4-6-14)15-7-9-16(19-2)10-8-15/h7-10,14,17-18H,3-6,11-13H2,1-2H3. The second-order valence-corrected chi connectivity index (χ2v) is 5.53. The third-order valence-electron chi connectivity index (χ3n) is 4.14. The fourth-order valence-corrected chi connectivity index (χ4v) is 2.53. The summed E-state index contributed by atoms with van der Waals surface area (Å²) >= 11 is 0. The van der Waals surface area contributed by atoms with Gasteiger partial charge >= 0.3 is 0 Å². The molecule has 0 aromatic heterocycles. The average molecular weight is 277 g/mol. The highest BCUT2D eigenvalue weighted by molar-refractivity contribution is 5.28. The maximum Gasteiger partial charge on any atom is 0.118 e. The van der Waals surface area contributed by atoms with Crippen LogP contribution in [0, 0.1) is 5.92 Å². The molecule has 0 radical (unpaired) electrons. The van der Waals surface area contributed by atoms with Crippen molar-refractivity contribution in [1.82, 2.24) is 5.32 Å². The van der Waals surface area contributed by atoms with Crippen LogP contribution in [0.5, 0.6) is 5.75 Å². The Morgan fingerprint density at radius 1 is 1.25 bits per heavy atom. The number of hydrogen-bond donors (Lipinski definition) is 1. The minimum atomic E-state index is 0.140.